The molecule has 0 atom stereocenters. The number of hydrogen-bond acceptors (Lipinski definition) is 3. The number of piperidine rings is 2. The highest BCUT2D eigenvalue weighted by atomic mass is 35.5. The lowest BCUT2D eigenvalue weighted by molar-refractivity contribution is 0.101. The van der Waals surface area contributed by atoms with Gasteiger partial charge in [0, 0.05) is 24.2 Å². The van der Waals surface area contributed by atoms with Crippen molar-refractivity contribution < 1.29 is 8.42 Å². The molecule has 0 bridgehead atoms. The molecule has 4 nitrogen and oxygen atoms in total. The standard InChI is InChI=1S/C18H27ClN2O2S/c1-14-5-9-20(10-6-14)16-7-11-21(12-8-16)24(22,23)17-4-3-15(2)18(19)13-17/h3-4,13-14,16H,5-12H2,1-2H3. The summed E-state index contributed by atoms with van der Waals surface area (Å²) >= 11 is 6.11. The van der Waals surface area contributed by atoms with Crippen molar-refractivity contribution in [2.24, 2.45) is 5.92 Å². The van der Waals surface area contributed by atoms with E-state index >= 15 is 0 Å². The van der Waals surface area contributed by atoms with Gasteiger partial charge in [0.2, 0.25) is 10.0 Å². The fourth-order valence-electron chi connectivity index (χ4n) is 3.72. The van der Waals surface area contributed by atoms with E-state index < -0.39 is 10.0 Å². The molecule has 1 aromatic carbocycles. The second-order valence-corrected chi connectivity index (χ2v) is 9.61. The summed E-state index contributed by atoms with van der Waals surface area (Å²) in [5, 5.41) is 0.508. The summed E-state index contributed by atoms with van der Waals surface area (Å²) in [5.74, 6) is 0.827. The number of sulfonamides is 1. The molecule has 0 radical (unpaired) electrons. The first kappa shape index (κ1) is 18.2. The highest BCUT2D eigenvalue weighted by Gasteiger charge is 2.32. The van der Waals surface area contributed by atoms with E-state index in [4.69, 9.17) is 11.6 Å². The average Bonchev–Trinajstić information content (AvgIpc) is 2.58. The average molecular weight is 371 g/mol. The number of likely N-dealkylation sites (tertiary alicyclic amines) is 1. The van der Waals surface area contributed by atoms with Gasteiger partial charge in [-0.15, -0.1) is 0 Å². The van der Waals surface area contributed by atoms with Crippen LogP contribution >= 0.6 is 11.6 Å². The fourth-order valence-corrected chi connectivity index (χ4v) is 5.47. The Bertz CT molecular complexity index is 676. The van der Waals surface area contributed by atoms with Crippen molar-refractivity contribution in [2.75, 3.05) is 26.2 Å². The zero-order valence-electron chi connectivity index (χ0n) is 14.5. The molecule has 0 unspecified atom stereocenters. The maximum absolute atomic E-state index is 12.8. The van der Waals surface area contributed by atoms with Gasteiger partial charge in [0.05, 0.1) is 4.90 Å². The van der Waals surface area contributed by atoms with Crippen molar-refractivity contribution in [1.82, 2.24) is 9.21 Å². The van der Waals surface area contributed by atoms with E-state index in [2.05, 4.69) is 11.8 Å². The highest BCUT2D eigenvalue weighted by Crippen LogP contribution is 2.28. The Labute approximate surface area is 150 Å². The van der Waals surface area contributed by atoms with Gasteiger partial charge in [-0.3, -0.25) is 0 Å². The topological polar surface area (TPSA) is 40.6 Å². The number of rotatable bonds is 3. The van der Waals surface area contributed by atoms with Gasteiger partial charge in [0.15, 0.2) is 0 Å². The van der Waals surface area contributed by atoms with Crippen molar-refractivity contribution in [3.63, 3.8) is 0 Å². The predicted molar refractivity (Wildman–Crippen MR) is 97.9 cm³/mol. The molecule has 2 heterocycles. The van der Waals surface area contributed by atoms with Crippen molar-refractivity contribution in [2.45, 2.75) is 50.5 Å². The molecule has 1 aromatic rings. The normalized spacial score (nSPS) is 22.8. The van der Waals surface area contributed by atoms with Crippen molar-refractivity contribution in [3.8, 4) is 0 Å². The third kappa shape index (κ3) is 3.79. The Hall–Kier alpha value is -0.620. The molecule has 0 amide bonds. The molecule has 2 aliphatic rings. The summed E-state index contributed by atoms with van der Waals surface area (Å²) in [5.41, 5.74) is 0.897. The quantitative estimate of drug-likeness (QED) is 0.817. The maximum Gasteiger partial charge on any atom is 0.243 e. The molecule has 0 saturated carbocycles. The van der Waals surface area contributed by atoms with Gasteiger partial charge in [-0.05, 0) is 69.3 Å². The van der Waals surface area contributed by atoms with Crippen LogP contribution in [-0.4, -0.2) is 49.8 Å². The molecular weight excluding hydrogens is 344 g/mol. The molecule has 2 aliphatic heterocycles. The van der Waals surface area contributed by atoms with Crippen LogP contribution in [0.3, 0.4) is 0 Å². The molecule has 2 fully saturated rings. The van der Waals surface area contributed by atoms with E-state index in [0.29, 0.717) is 29.0 Å². The SMILES string of the molecule is Cc1ccc(S(=O)(=O)N2CCC(N3CCC(C)CC3)CC2)cc1Cl. The van der Waals surface area contributed by atoms with Crippen LogP contribution < -0.4 is 0 Å². The van der Waals surface area contributed by atoms with Crippen LogP contribution in [0, 0.1) is 12.8 Å². The molecule has 3 rings (SSSR count). The Balaban J connectivity index is 1.64. The van der Waals surface area contributed by atoms with E-state index in [1.807, 2.05) is 6.92 Å². The summed E-state index contributed by atoms with van der Waals surface area (Å²) in [6.07, 6.45) is 4.38. The zero-order chi connectivity index (χ0) is 17.3. The molecule has 24 heavy (non-hydrogen) atoms. The van der Waals surface area contributed by atoms with Gasteiger partial charge in [-0.1, -0.05) is 24.6 Å². The fraction of sp³-hybridized carbons (Fsp3) is 0.667. The smallest absolute Gasteiger partial charge is 0.243 e. The van der Waals surface area contributed by atoms with Crippen molar-refractivity contribution in [1.29, 1.82) is 0 Å². The minimum absolute atomic E-state index is 0.309. The van der Waals surface area contributed by atoms with Crippen LogP contribution in [0.15, 0.2) is 23.1 Å². The second kappa shape index (κ2) is 7.32. The Morgan fingerprint density at radius 1 is 1.04 bits per heavy atom. The second-order valence-electron chi connectivity index (χ2n) is 7.26. The van der Waals surface area contributed by atoms with Crippen LogP contribution in [0.5, 0.6) is 0 Å². The number of hydrogen-bond donors (Lipinski definition) is 0. The van der Waals surface area contributed by atoms with E-state index in [-0.39, 0.29) is 0 Å². The molecule has 0 aliphatic carbocycles. The van der Waals surface area contributed by atoms with Crippen LogP contribution in [0.4, 0.5) is 0 Å². The van der Waals surface area contributed by atoms with Crippen LogP contribution in [0.25, 0.3) is 0 Å². The van der Waals surface area contributed by atoms with Crippen molar-refractivity contribution in [3.05, 3.63) is 28.8 Å². The van der Waals surface area contributed by atoms with Crippen LogP contribution in [0.1, 0.15) is 38.2 Å². The predicted octanol–water partition coefficient (Wildman–Crippen LogP) is 3.53. The minimum atomic E-state index is -3.43. The third-order valence-corrected chi connectivity index (χ3v) is 7.84. The van der Waals surface area contributed by atoms with Gasteiger partial charge in [0.25, 0.3) is 0 Å². The van der Waals surface area contributed by atoms with Crippen LogP contribution in [0.2, 0.25) is 5.02 Å². The lowest BCUT2D eigenvalue weighted by Crippen LogP contribution is -2.48. The van der Waals surface area contributed by atoms with Crippen molar-refractivity contribution >= 4 is 21.6 Å². The van der Waals surface area contributed by atoms with Gasteiger partial charge in [-0.2, -0.15) is 4.31 Å². The van der Waals surface area contributed by atoms with Gasteiger partial charge in [-0.25, -0.2) is 8.42 Å². The zero-order valence-corrected chi connectivity index (χ0v) is 16.1. The Kier molecular flexibility index (Phi) is 5.55. The first-order chi connectivity index (χ1) is 11.4. The lowest BCUT2D eigenvalue weighted by Gasteiger charge is -2.41. The number of nitrogens with zero attached hydrogens (tertiary/aromatic N) is 2. The van der Waals surface area contributed by atoms with E-state index in [1.165, 1.54) is 12.8 Å². The molecule has 2 saturated heterocycles. The Morgan fingerprint density at radius 3 is 2.25 bits per heavy atom. The molecule has 0 N–H and O–H groups in total. The lowest BCUT2D eigenvalue weighted by atomic mass is 9.95. The Morgan fingerprint density at radius 2 is 1.67 bits per heavy atom. The maximum atomic E-state index is 12.8. The molecular formula is C18H27ClN2O2S. The van der Waals surface area contributed by atoms with E-state index in [1.54, 1.807) is 22.5 Å². The largest absolute Gasteiger partial charge is 0.300 e. The first-order valence-corrected chi connectivity index (χ1v) is 10.7. The van der Waals surface area contributed by atoms with Crippen LogP contribution in [-0.2, 0) is 10.0 Å². The third-order valence-electron chi connectivity index (χ3n) is 5.54. The van der Waals surface area contributed by atoms with Gasteiger partial charge in [0.1, 0.15) is 0 Å². The van der Waals surface area contributed by atoms with E-state index in [0.717, 1.165) is 37.4 Å². The number of aryl methyl sites for hydroxylation is 1. The molecule has 134 valence electrons. The first-order valence-electron chi connectivity index (χ1n) is 8.88. The summed E-state index contributed by atoms with van der Waals surface area (Å²) < 4.78 is 27.3. The summed E-state index contributed by atoms with van der Waals surface area (Å²) in [7, 11) is -3.43. The monoisotopic (exact) mass is 370 g/mol. The summed E-state index contributed by atoms with van der Waals surface area (Å²) in [6, 6.07) is 5.54. The molecule has 6 heteroatoms. The number of benzene rings is 1. The van der Waals surface area contributed by atoms with E-state index in [9.17, 15) is 8.42 Å². The summed E-state index contributed by atoms with van der Waals surface area (Å²) in [4.78, 5) is 2.87. The van der Waals surface area contributed by atoms with Gasteiger partial charge >= 0.3 is 0 Å². The number of halogens is 1. The molecule has 0 spiro atoms. The minimum Gasteiger partial charge on any atom is -0.300 e. The van der Waals surface area contributed by atoms with Gasteiger partial charge < -0.3 is 4.90 Å². The highest BCUT2D eigenvalue weighted by molar-refractivity contribution is 7.89. The molecule has 0 aromatic heterocycles. The summed E-state index contributed by atoms with van der Waals surface area (Å²) in [6.45, 7) is 7.72.